The van der Waals surface area contributed by atoms with E-state index >= 15 is 0 Å². The molecule has 0 amide bonds. The molecule has 74 heavy (non-hydrogen) atoms. The van der Waals surface area contributed by atoms with Crippen LogP contribution in [0.25, 0.3) is 0 Å². The highest BCUT2D eigenvalue weighted by Gasteiger charge is 2.28. The summed E-state index contributed by atoms with van der Waals surface area (Å²) in [6.07, 6.45) is 66.1. The van der Waals surface area contributed by atoms with Crippen molar-refractivity contribution in [3.05, 3.63) is 109 Å². The van der Waals surface area contributed by atoms with E-state index in [-0.39, 0.29) is 25.9 Å². The Morgan fingerprint density at radius 3 is 1.08 bits per heavy atom. The molecule has 0 heterocycles. The third-order valence-corrected chi connectivity index (χ3v) is 12.6. The predicted octanol–water partition coefficient (Wildman–Crippen LogP) is 17.0. The number of phosphoric ester groups is 1. The van der Waals surface area contributed by atoms with Crippen molar-refractivity contribution in [3.63, 3.8) is 0 Å². The molecule has 0 aromatic carbocycles. The van der Waals surface area contributed by atoms with Crippen LogP contribution in [0.2, 0.25) is 0 Å². The van der Waals surface area contributed by atoms with Crippen LogP contribution in [0.15, 0.2) is 109 Å². The SMILES string of the molecule is CC/C=C\C/C=C\C/C=C\C/C=C\CCCCCCC(=O)OCC(COP(=O)(O)OCC(CO)OC(=O)CCCCCCC/C=C\C/C=C\CCCCC)OC(=O)CCCCCCC/C=C\C/C=C\C/C=C\CC. The lowest BCUT2D eigenvalue weighted by Crippen LogP contribution is -2.30. The van der Waals surface area contributed by atoms with Gasteiger partial charge in [-0.05, 0) is 122 Å². The largest absolute Gasteiger partial charge is 0.472 e. The number of hydrogen-bond acceptors (Lipinski definition) is 10. The van der Waals surface area contributed by atoms with Crippen molar-refractivity contribution in [1.82, 2.24) is 0 Å². The molecule has 11 nitrogen and oxygen atoms in total. The van der Waals surface area contributed by atoms with Crippen molar-refractivity contribution in [1.29, 1.82) is 0 Å². The van der Waals surface area contributed by atoms with Gasteiger partial charge in [0.25, 0.3) is 0 Å². The fourth-order valence-electron chi connectivity index (χ4n) is 7.33. The molecule has 0 aliphatic rings. The fourth-order valence-corrected chi connectivity index (χ4v) is 8.12. The maximum Gasteiger partial charge on any atom is 0.472 e. The van der Waals surface area contributed by atoms with E-state index in [1.54, 1.807) is 0 Å². The number of esters is 3. The van der Waals surface area contributed by atoms with Crippen LogP contribution in [0.5, 0.6) is 0 Å². The molecule has 3 unspecified atom stereocenters. The fraction of sp³-hybridized carbons (Fsp3) is 0.661. The van der Waals surface area contributed by atoms with Gasteiger partial charge in [0.2, 0.25) is 0 Å². The number of phosphoric acid groups is 1. The van der Waals surface area contributed by atoms with Crippen molar-refractivity contribution < 1.29 is 52.2 Å². The summed E-state index contributed by atoms with van der Waals surface area (Å²) >= 11 is 0. The van der Waals surface area contributed by atoms with E-state index in [2.05, 4.69) is 130 Å². The van der Waals surface area contributed by atoms with E-state index in [9.17, 15) is 28.9 Å². The molecule has 0 fully saturated rings. The minimum atomic E-state index is -4.77. The van der Waals surface area contributed by atoms with Crippen LogP contribution in [0.3, 0.4) is 0 Å². The van der Waals surface area contributed by atoms with Gasteiger partial charge in [-0.3, -0.25) is 23.4 Å². The average molecular weight is 1060 g/mol. The number of rotatable bonds is 52. The molecule has 0 saturated carbocycles. The molecular formula is C62H103O11P. The number of unbranched alkanes of at least 4 members (excludes halogenated alkanes) is 17. The third-order valence-electron chi connectivity index (χ3n) is 11.7. The molecule has 12 heteroatoms. The topological polar surface area (TPSA) is 155 Å². The van der Waals surface area contributed by atoms with E-state index in [0.29, 0.717) is 19.3 Å². The van der Waals surface area contributed by atoms with E-state index < -0.39 is 57.8 Å². The maximum atomic E-state index is 12.9. The summed E-state index contributed by atoms with van der Waals surface area (Å²) in [5, 5.41) is 9.81. The predicted molar refractivity (Wildman–Crippen MR) is 307 cm³/mol. The van der Waals surface area contributed by atoms with Crippen molar-refractivity contribution in [2.24, 2.45) is 0 Å². The summed E-state index contributed by atoms with van der Waals surface area (Å²) in [4.78, 5) is 48.5. The Morgan fingerprint density at radius 2 is 0.703 bits per heavy atom. The van der Waals surface area contributed by atoms with Crippen LogP contribution in [-0.2, 0) is 42.2 Å². The van der Waals surface area contributed by atoms with Gasteiger partial charge in [-0.15, -0.1) is 0 Å². The second-order valence-corrected chi connectivity index (χ2v) is 20.1. The molecule has 0 aromatic heterocycles. The number of ether oxygens (including phenoxy) is 3. The summed E-state index contributed by atoms with van der Waals surface area (Å²) in [6.45, 7) is 4.32. The lowest BCUT2D eigenvalue weighted by atomic mass is 10.1. The van der Waals surface area contributed by atoms with Crippen LogP contribution in [-0.4, -0.2) is 66.5 Å². The standard InChI is InChI=1S/C62H103O11P/c1-4-7-10-13-16-19-22-25-28-29-32-33-36-39-42-45-48-51-60(64)69-55-59(73-62(66)53-50-47-44-41-38-35-31-27-24-21-18-15-12-9-6-3)57-71-74(67,68)70-56-58(54-63)72-61(65)52-49-46-43-40-37-34-30-26-23-20-17-14-11-8-5-2/h7,9-10,12,16-21,25-28,30-33,58-59,63H,4-6,8,11,13-15,22-24,29,34-57H2,1-3H3,(H,67,68)/b10-7-,12-9-,19-16-,20-17-,21-18-,28-25-,30-26-,31-27-,33-32-. The molecule has 0 aliphatic carbocycles. The van der Waals surface area contributed by atoms with Gasteiger partial charge in [0.1, 0.15) is 12.7 Å². The number of carbonyl (C=O) groups is 3. The van der Waals surface area contributed by atoms with E-state index in [0.717, 1.165) is 148 Å². The third kappa shape index (κ3) is 53.0. The number of allylic oxidation sites excluding steroid dienone is 18. The smallest absolute Gasteiger partial charge is 0.462 e. The Bertz CT molecular complexity index is 1660. The Kier molecular flexibility index (Phi) is 52.5. The van der Waals surface area contributed by atoms with Crippen LogP contribution in [0.4, 0.5) is 0 Å². The minimum absolute atomic E-state index is 0.136. The first kappa shape index (κ1) is 70.1. The van der Waals surface area contributed by atoms with Crippen molar-refractivity contribution >= 4 is 25.7 Å². The van der Waals surface area contributed by atoms with Crippen LogP contribution in [0.1, 0.15) is 226 Å². The van der Waals surface area contributed by atoms with Crippen molar-refractivity contribution in [2.75, 3.05) is 26.4 Å². The first-order chi connectivity index (χ1) is 36.2. The van der Waals surface area contributed by atoms with Gasteiger partial charge in [0, 0.05) is 19.3 Å². The molecule has 0 radical (unpaired) electrons. The van der Waals surface area contributed by atoms with Gasteiger partial charge in [-0.25, -0.2) is 4.57 Å². The Labute approximate surface area is 450 Å². The van der Waals surface area contributed by atoms with E-state index in [1.165, 1.54) is 19.3 Å². The Morgan fingerprint density at radius 1 is 0.392 bits per heavy atom. The first-order valence-electron chi connectivity index (χ1n) is 28.8. The molecule has 0 saturated heterocycles. The molecule has 0 spiro atoms. The molecular weight excluding hydrogens is 952 g/mol. The molecule has 0 rings (SSSR count). The van der Waals surface area contributed by atoms with E-state index in [1.807, 2.05) is 0 Å². The maximum absolute atomic E-state index is 12.9. The normalized spacial score (nSPS) is 14.2. The summed E-state index contributed by atoms with van der Waals surface area (Å²) in [5.74, 6) is -1.54. The van der Waals surface area contributed by atoms with Gasteiger partial charge in [0.15, 0.2) is 6.10 Å². The molecule has 3 atom stereocenters. The number of aliphatic hydroxyl groups excluding tert-OH is 1. The molecule has 422 valence electrons. The van der Waals surface area contributed by atoms with Crippen molar-refractivity contribution in [3.8, 4) is 0 Å². The Hall–Kier alpha value is -3.86. The second-order valence-electron chi connectivity index (χ2n) is 18.7. The average Bonchev–Trinajstić information content (AvgIpc) is 3.39. The minimum Gasteiger partial charge on any atom is -0.462 e. The number of carbonyl (C=O) groups excluding carboxylic acids is 3. The molecule has 2 N–H and O–H groups in total. The zero-order valence-electron chi connectivity index (χ0n) is 46.5. The zero-order chi connectivity index (χ0) is 54.1. The monoisotopic (exact) mass is 1050 g/mol. The molecule has 0 bridgehead atoms. The number of hydrogen-bond donors (Lipinski definition) is 2. The van der Waals surface area contributed by atoms with Gasteiger partial charge in [-0.2, -0.15) is 0 Å². The van der Waals surface area contributed by atoms with Crippen LogP contribution < -0.4 is 0 Å². The first-order valence-corrected chi connectivity index (χ1v) is 30.3. The highest BCUT2D eigenvalue weighted by atomic mass is 31.2. The number of aliphatic hydroxyl groups is 1. The second kappa shape index (κ2) is 55.4. The quantitative estimate of drug-likeness (QED) is 0.0197. The lowest BCUT2D eigenvalue weighted by Gasteiger charge is -2.21. The van der Waals surface area contributed by atoms with Crippen molar-refractivity contribution in [2.45, 2.75) is 238 Å². The Balaban J connectivity index is 4.81. The molecule has 0 aromatic rings. The van der Waals surface area contributed by atoms with E-state index in [4.69, 9.17) is 23.3 Å². The van der Waals surface area contributed by atoms with Gasteiger partial charge >= 0.3 is 25.7 Å². The summed E-state index contributed by atoms with van der Waals surface area (Å²) in [6, 6.07) is 0. The van der Waals surface area contributed by atoms with Gasteiger partial charge < -0.3 is 24.2 Å². The molecule has 0 aliphatic heterocycles. The summed E-state index contributed by atoms with van der Waals surface area (Å²) < 4.78 is 39.5. The van der Waals surface area contributed by atoms with Crippen LogP contribution in [0, 0.1) is 0 Å². The summed E-state index contributed by atoms with van der Waals surface area (Å²) in [5.41, 5.74) is 0. The lowest BCUT2D eigenvalue weighted by molar-refractivity contribution is -0.161. The van der Waals surface area contributed by atoms with Crippen LogP contribution >= 0.6 is 7.82 Å². The zero-order valence-corrected chi connectivity index (χ0v) is 47.4. The highest BCUT2D eigenvalue weighted by molar-refractivity contribution is 7.47. The van der Waals surface area contributed by atoms with Gasteiger partial charge in [0.05, 0.1) is 19.8 Å². The highest BCUT2D eigenvalue weighted by Crippen LogP contribution is 2.43. The summed E-state index contributed by atoms with van der Waals surface area (Å²) in [7, 11) is -4.77. The van der Waals surface area contributed by atoms with Gasteiger partial charge in [-0.1, -0.05) is 194 Å².